The minimum atomic E-state index is -4.39. The van der Waals surface area contributed by atoms with E-state index in [0.29, 0.717) is 50.3 Å². The number of hydrogen-bond acceptors (Lipinski definition) is 4. The maximum atomic E-state index is 12.9. The van der Waals surface area contributed by atoms with Crippen LogP contribution in [0.3, 0.4) is 0 Å². The molecule has 0 saturated carbocycles. The molecule has 0 unspecified atom stereocenters. The van der Waals surface area contributed by atoms with Gasteiger partial charge in [-0.05, 0) is 39.0 Å². The van der Waals surface area contributed by atoms with E-state index in [1.54, 1.807) is 4.90 Å². The standard InChI is InChI=1S/C19H25F3N2O3/c1-17(2,3)27-16(25)24-10-7-18(8-11-24)6-9-23-14-12-13(19(20,21)22)4-5-15(14)26-18/h4-5,12,23H,6-11H2,1-3H3. The number of nitrogens with one attached hydrogen (secondary N) is 1. The second kappa shape index (κ2) is 6.80. The smallest absolute Gasteiger partial charge is 0.416 e. The first-order chi connectivity index (χ1) is 12.5. The lowest BCUT2D eigenvalue weighted by atomic mass is 9.88. The van der Waals surface area contributed by atoms with E-state index >= 15 is 0 Å². The van der Waals surface area contributed by atoms with Crippen LogP contribution in [0.25, 0.3) is 0 Å². The molecule has 0 radical (unpaired) electrons. The van der Waals surface area contributed by atoms with Gasteiger partial charge in [-0.25, -0.2) is 4.79 Å². The lowest BCUT2D eigenvalue weighted by Gasteiger charge is -2.41. The van der Waals surface area contributed by atoms with E-state index in [2.05, 4.69) is 5.32 Å². The number of fused-ring (bicyclic) bond motifs is 1. The van der Waals surface area contributed by atoms with Crippen molar-refractivity contribution in [3.05, 3.63) is 23.8 Å². The Morgan fingerprint density at radius 1 is 1.19 bits per heavy atom. The molecule has 0 atom stereocenters. The van der Waals surface area contributed by atoms with Gasteiger partial charge in [0.15, 0.2) is 0 Å². The number of ether oxygens (including phenoxy) is 2. The minimum absolute atomic E-state index is 0.348. The second-order valence-electron chi connectivity index (χ2n) is 8.14. The summed E-state index contributed by atoms with van der Waals surface area (Å²) in [4.78, 5) is 13.9. The fourth-order valence-corrected chi connectivity index (χ4v) is 3.42. The second-order valence-corrected chi connectivity index (χ2v) is 8.14. The molecule has 1 saturated heterocycles. The van der Waals surface area contributed by atoms with Crippen LogP contribution >= 0.6 is 0 Å². The topological polar surface area (TPSA) is 50.8 Å². The Balaban J connectivity index is 1.70. The number of amides is 1. The fraction of sp³-hybridized carbons (Fsp3) is 0.632. The van der Waals surface area contributed by atoms with Crippen LogP contribution in [0, 0.1) is 0 Å². The first-order valence-electron chi connectivity index (χ1n) is 9.10. The van der Waals surface area contributed by atoms with Crippen molar-refractivity contribution in [2.75, 3.05) is 25.0 Å². The number of benzene rings is 1. The predicted octanol–water partition coefficient (Wildman–Crippen LogP) is 4.67. The molecule has 2 aliphatic heterocycles. The lowest BCUT2D eigenvalue weighted by molar-refractivity contribution is -0.137. The number of piperidine rings is 1. The molecule has 8 heteroatoms. The van der Waals surface area contributed by atoms with Gasteiger partial charge in [0, 0.05) is 38.9 Å². The van der Waals surface area contributed by atoms with Gasteiger partial charge in [0.25, 0.3) is 0 Å². The summed E-state index contributed by atoms with van der Waals surface area (Å²) in [7, 11) is 0. The average Bonchev–Trinajstić information content (AvgIpc) is 2.71. The summed E-state index contributed by atoms with van der Waals surface area (Å²) in [5.41, 5.74) is -1.38. The fourth-order valence-electron chi connectivity index (χ4n) is 3.42. The summed E-state index contributed by atoms with van der Waals surface area (Å²) >= 11 is 0. The largest absolute Gasteiger partial charge is 0.485 e. The van der Waals surface area contributed by atoms with E-state index < -0.39 is 22.9 Å². The first-order valence-corrected chi connectivity index (χ1v) is 9.10. The predicted molar refractivity (Wildman–Crippen MR) is 95.0 cm³/mol. The van der Waals surface area contributed by atoms with Crippen LogP contribution in [0.4, 0.5) is 23.7 Å². The van der Waals surface area contributed by atoms with E-state index in [1.165, 1.54) is 6.07 Å². The van der Waals surface area contributed by atoms with Crippen LogP contribution in [0.1, 0.15) is 45.6 Å². The molecule has 1 aromatic rings. The van der Waals surface area contributed by atoms with Gasteiger partial charge in [-0.3, -0.25) is 0 Å². The number of nitrogens with zero attached hydrogens (tertiary/aromatic N) is 1. The Labute approximate surface area is 156 Å². The summed E-state index contributed by atoms with van der Waals surface area (Å²) in [6.45, 7) is 6.96. The molecule has 1 fully saturated rings. The first kappa shape index (κ1) is 19.6. The summed E-state index contributed by atoms with van der Waals surface area (Å²) < 4.78 is 50.4. The van der Waals surface area contributed by atoms with Crippen molar-refractivity contribution in [1.82, 2.24) is 4.90 Å². The molecule has 3 rings (SSSR count). The number of rotatable bonds is 0. The molecule has 150 valence electrons. The summed E-state index contributed by atoms with van der Waals surface area (Å²) in [6.07, 6.45) is -2.87. The van der Waals surface area contributed by atoms with Gasteiger partial charge < -0.3 is 19.7 Å². The molecule has 27 heavy (non-hydrogen) atoms. The van der Waals surface area contributed by atoms with E-state index in [1.807, 2.05) is 20.8 Å². The summed E-state index contributed by atoms with van der Waals surface area (Å²) in [6, 6.07) is 3.50. The number of hydrogen-bond donors (Lipinski definition) is 1. The molecule has 1 amide bonds. The van der Waals surface area contributed by atoms with Gasteiger partial charge in [-0.15, -0.1) is 0 Å². The third-order valence-corrected chi connectivity index (χ3v) is 4.86. The van der Waals surface area contributed by atoms with Crippen LogP contribution in [-0.2, 0) is 10.9 Å². The molecule has 0 bridgehead atoms. The quantitative estimate of drug-likeness (QED) is 0.704. The third-order valence-electron chi connectivity index (χ3n) is 4.86. The number of carbonyl (C=O) groups is 1. The van der Waals surface area contributed by atoms with Crippen molar-refractivity contribution in [3.63, 3.8) is 0 Å². The SMILES string of the molecule is CC(C)(C)OC(=O)N1CCC2(CCNc3cc(C(F)(F)F)ccc3O2)CC1. The highest BCUT2D eigenvalue weighted by Crippen LogP contribution is 2.41. The monoisotopic (exact) mass is 386 g/mol. The zero-order chi connectivity index (χ0) is 19.9. The van der Waals surface area contributed by atoms with E-state index in [9.17, 15) is 18.0 Å². The van der Waals surface area contributed by atoms with Crippen molar-refractivity contribution in [3.8, 4) is 5.75 Å². The normalized spacial score (nSPS) is 19.6. The Morgan fingerprint density at radius 3 is 2.44 bits per heavy atom. The molecule has 1 N–H and O–H groups in total. The van der Waals surface area contributed by atoms with Gasteiger partial charge in [-0.1, -0.05) is 0 Å². The molecule has 1 spiro atoms. The van der Waals surface area contributed by atoms with Crippen LogP contribution in [0.2, 0.25) is 0 Å². The number of anilines is 1. The highest BCUT2D eigenvalue weighted by Gasteiger charge is 2.41. The van der Waals surface area contributed by atoms with Crippen molar-refractivity contribution in [1.29, 1.82) is 0 Å². The molecule has 5 nitrogen and oxygen atoms in total. The van der Waals surface area contributed by atoms with Gasteiger partial charge in [-0.2, -0.15) is 13.2 Å². The molecule has 2 heterocycles. The Kier molecular flexibility index (Phi) is 4.94. The van der Waals surface area contributed by atoms with Crippen molar-refractivity contribution in [2.45, 2.75) is 57.4 Å². The van der Waals surface area contributed by atoms with E-state index in [0.717, 1.165) is 12.1 Å². The van der Waals surface area contributed by atoms with E-state index in [4.69, 9.17) is 9.47 Å². The maximum Gasteiger partial charge on any atom is 0.416 e. The molecule has 0 aromatic heterocycles. The molecule has 0 aliphatic carbocycles. The van der Waals surface area contributed by atoms with Crippen molar-refractivity contribution >= 4 is 11.8 Å². The number of likely N-dealkylation sites (tertiary alicyclic amines) is 1. The highest BCUT2D eigenvalue weighted by molar-refractivity contribution is 5.68. The van der Waals surface area contributed by atoms with Crippen LogP contribution < -0.4 is 10.1 Å². The van der Waals surface area contributed by atoms with Crippen molar-refractivity contribution in [2.24, 2.45) is 0 Å². The summed E-state index contributed by atoms with van der Waals surface area (Å²) in [5, 5.41) is 3.04. The number of alkyl halides is 3. The zero-order valence-electron chi connectivity index (χ0n) is 15.8. The molecular formula is C19H25F3N2O3. The average molecular weight is 386 g/mol. The Bertz CT molecular complexity index is 705. The molecule has 2 aliphatic rings. The Hall–Kier alpha value is -2.12. The highest BCUT2D eigenvalue weighted by atomic mass is 19.4. The number of carbonyl (C=O) groups excluding carboxylic acids is 1. The Morgan fingerprint density at radius 2 is 1.85 bits per heavy atom. The van der Waals surface area contributed by atoms with Crippen LogP contribution in [-0.4, -0.2) is 41.8 Å². The van der Waals surface area contributed by atoms with Gasteiger partial charge >= 0.3 is 12.3 Å². The van der Waals surface area contributed by atoms with Gasteiger partial charge in [0.1, 0.15) is 17.0 Å². The van der Waals surface area contributed by atoms with Crippen LogP contribution in [0.5, 0.6) is 5.75 Å². The van der Waals surface area contributed by atoms with Crippen LogP contribution in [0.15, 0.2) is 18.2 Å². The van der Waals surface area contributed by atoms with Crippen molar-refractivity contribution < 1.29 is 27.4 Å². The zero-order valence-corrected chi connectivity index (χ0v) is 15.8. The summed E-state index contributed by atoms with van der Waals surface area (Å²) in [5.74, 6) is 0.422. The van der Waals surface area contributed by atoms with E-state index in [-0.39, 0.29) is 6.09 Å². The maximum absolute atomic E-state index is 12.9. The van der Waals surface area contributed by atoms with Gasteiger partial charge in [0.2, 0.25) is 0 Å². The molecule has 1 aromatic carbocycles. The number of halogens is 3. The minimum Gasteiger partial charge on any atom is -0.485 e. The molecular weight excluding hydrogens is 361 g/mol. The third kappa shape index (κ3) is 4.59. The van der Waals surface area contributed by atoms with Gasteiger partial charge in [0.05, 0.1) is 11.3 Å². The lowest BCUT2D eigenvalue weighted by Crippen LogP contribution is -2.51.